The van der Waals surface area contributed by atoms with Gasteiger partial charge >= 0.3 is 5.97 Å². The quantitative estimate of drug-likeness (QED) is 0.385. The normalized spacial score (nSPS) is 9.87. The van der Waals surface area contributed by atoms with Gasteiger partial charge in [-0.15, -0.1) is 24.7 Å². The molecule has 0 aliphatic rings. The summed E-state index contributed by atoms with van der Waals surface area (Å²) in [6.07, 6.45) is 10.2. The Morgan fingerprint density at radius 1 is 1.27 bits per heavy atom. The molecule has 15 heavy (non-hydrogen) atoms. The fraction of sp³-hybridized carbons (Fsp3) is 0.500. The molecule has 3 nitrogen and oxygen atoms in total. The largest absolute Gasteiger partial charge is 0.465 e. The number of carbonyl (C=O) groups excluding carboxylic acids is 2. The van der Waals surface area contributed by atoms with Gasteiger partial charge in [0.15, 0.2) is 0 Å². The first kappa shape index (κ1) is 13.3. The molecule has 0 fully saturated rings. The Balaban J connectivity index is 5.14. The van der Waals surface area contributed by atoms with E-state index in [-0.39, 0.29) is 25.2 Å². The van der Waals surface area contributed by atoms with Gasteiger partial charge in [0.25, 0.3) is 0 Å². The predicted octanol–water partition coefficient (Wildman–Crippen LogP) is 1.17. The SMILES string of the molecule is C#CCC(CC#C)(C(C)=O)C(=O)OCC. The first-order valence-electron chi connectivity index (χ1n) is 4.60. The van der Waals surface area contributed by atoms with Crippen molar-refractivity contribution in [1.82, 2.24) is 0 Å². The minimum atomic E-state index is -1.36. The van der Waals surface area contributed by atoms with E-state index in [0.717, 1.165) is 0 Å². The molecule has 0 amide bonds. The summed E-state index contributed by atoms with van der Waals surface area (Å²) in [5, 5.41) is 0. The van der Waals surface area contributed by atoms with Gasteiger partial charge in [-0.1, -0.05) is 0 Å². The fourth-order valence-electron chi connectivity index (χ4n) is 1.22. The summed E-state index contributed by atoms with van der Waals surface area (Å²) >= 11 is 0. The Labute approximate surface area is 90.2 Å². The molecule has 80 valence electrons. The molecule has 0 unspecified atom stereocenters. The number of rotatable bonds is 5. The van der Waals surface area contributed by atoms with Crippen molar-refractivity contribution in [3.05, 3.63) is 0 Å². The van der Waals surface area contributed by atoms with Crippen molar-refractivity contribution < 1.29 is 14.3 Å². The smallest absolute Gasteiger partial charge is 0.321 e. The Bertz CT molecular complexity index is 312. The molecule has 0 saturated heterocycles. The van der Waals surface area contributed by atoms with Crippen LogP contribution in [0.25, 0.3) is 0 Å². The summed E-state index contributed by atoms with van der Waals surface area (Å²) in [6, 6.07) is 0. The number of ether oxygens (including phenoxy) is 1. The van der Waals surface area contributed by atoms with Crippen LogP contribution in [-0.2, 0) is 14.3 Å². The second-order valence-electron chi connectivity index (χ2n) is 3.12. The zero-order valence-corrected chi connectivity index (χ0v) is 9.00. The number of terminal acetylenes is 2. The molecule has 0 aromatic rings. The highest BCUT2D eigenvalue weighted by Crippen LogP contribution is 2.29. The van der Waals surface area contributed by atoms with E-state index < -0.39 is 11.4 Å². The van der Waals surface area contributed by atoms with Gasteiger partial charge in [0.1, 0.15) is 11.2 Å². The predicted molar refractivity (Wildman–Crippen MR) is 56.6 cm³/mol. The summed E-state index contributed by atoms with van der Waals surface area (Å²) in [4.78, 5) is 23.1. The summed E-state index contributed by atoms with van der Waals surface area (Å²) in [7, 11) is 0. The first-order valence-corrected chi connectivity index (χ1v) is 4.60. The van der Waals surface area contributed by atoms with Gasteiger partial charge < -0.3 is 4.74 Å². The monoisotopic (exact) mass is 206 g/mol. The number of hydrogen-bond acceptors (Lipinski definition) is 3. The lowest BCUT2D eigenvalue weighted by Crippen LogP contribution is -2.39. The van der Waals surface area contributed by atoms with Gasteiger partial charge in [-0.3, -0.25) is 9.59 Å². The van der Waals surface area contributed by atoms with Gasteiger partial charge in [-0.25, -0.2) is 0 Å². The Morgan fingerprint density at radius 2 is 1.73 bits per heavy atom. The van der Waals surface area contributed by atoms with E-state index in [0.29, 0.717) is 0 Å². The maximum atomic E-state index is 11.7. The molecule has 0 aromatic heterocycles. The summed E-state index contributed by atoms with van der Waals surface area (Å²) in [6.45, 7) is 3.16. The minimum Gasteiger partial charge on any atom is -0.465 e. The van der Waals surface area contributed by atoms with E-state index in [1.807, 2.05) is 0 Å². The molecule has 0 spiro atoms. The Kier molecular flexibility index (Phi) is 5.20. The molecule has 3 heteroatoms. The average Bonchev–Trinajstić information content (AvgIpc) is 2.17. The van der Waals surface area contributed by atoms with Crippen LogP contribution < -0.4 is 0 Å². The van der Waals surface area contributed by atoms with Crippen LogP contribution in [0.2, 0.25) is 0 Å². The van der Waals surface area contributed by atoms with Crippen molar-refractivity contribution in [1.29, 1.82) is 0 Å². The van der Waals surface area contributed by atoms with E-state index in [1.54, 1.807) is 6.92 Å². The number of carbonyl (C=O) groups is 2. The van der Waals surface area contributed by atoms with Crippen LogP contribution in [0.15, 0.2) is 0 Å². The van der Waals surface area contributed by atoms with Gasteiger partial charge in [0, 0.05) is 12.8 Å². The fourth-order valence-corrected chi connectivity index (χ4v) is 1.22. The molecule has 0 heterocycles. The maximum Gasteiger partial charge on any atom is 0.321 e. The molecule has 0 atom stereocenters. The molecule has 0 aromatic carbocycles. The highest BCUT2D eigenvalue weighted by atomic mass is 16.5. The Morgan fingerprint density at radius 3 is 2.00 bits per heavy atom. The molecular formula is C12H14O3. The van der Waals surface area contributed by atoms with E-state index in [9.17, 15) is 9.59 Å². The van der Waals surface area contributed by atoms with Gasteiger partial charge in [0.2, 0.25) is 0 Å². The van der Waals surface area contributed by atoms with E-state index >= 15 is 0 Å². The highest BCUT2D eigenvalue weighted by molar-refractivity contribution is 6.03. The van der Waals surface area contributed by atoms with Crippen molar-refractivity contribution >= 4 is 11.8 Å². The Hall–Kier alpha value is -1.74. The third-order valence-corrected chi connectivity index (χ3v) is 2.15. The van der Waals surface area contributed by atoms with Crippen LogP contribution in [0.3, 0.4) is 0 Å². The summed E-state index contributed by atoms with van der Waals surface area (Å²) < 4.78 is 4.82. The standard InChI is InChI=1S/C12H14O3/c1-5-8-12(9-6-2,10(4)13)11(14)15-7-3/h1-2H,7-9H2,3-4H3. The first-order chi connectivity index (χ1) is 7.05. The van der Waals surface area contributed by atoms with Crippen molar-refractivity contribution in [3.63, 3.8) is 0 Å². The van der Waals surface area contributed by atoms with Crippen LogP contribution in [0.5, 0.6) is 0 Å². The number of Topliss-reactive ketones (excluding diaryl/α,β-unsaturated/α-hetero) is 1. The zero-order chi connectivity index (χ0) is 11.9. The number of ketones is 1. The molecule has 0 radical (unpaired) electrons. The second kappa shape index (κ2) is 5.88. The van der Waals surface area contributed by atoms with Crippen molar-refractivity contribution in [3.8, 4) is 24.7 Å². The lowest BCUT2D eigenvalue weighted by Gasteiger charge is -2.24. The van der Waals surface area contributed by atoms with Gasteiger partial charge in [-0.2, -0.15) is 0 Å². The third kappa shape index (κ3) is 2.86. The van der Waals surface area contributed by atoms with E-state index in [2.05, 4.69) is 11.8 Å². The van der Waals surface area contributed by atoms with Gasteiger partial charge in [-0.05, 0) is 13.8 Å². The molecular weight excluding hydrogens is 192 g/mol. The molecule has 0 saturated carbocycles. The maximum absolute atomic E-state index is 11.7. The molecule has 0 bridgehead atoms. The van der Waals surface area contributed by atoms with Crippen LogP contribution in [-0.4, -0.2) is 18.4 Å². The molecule has 0 aliphatic heterocycles. The lowest BCUT2D eigenvalue weighted by atomic mass is 9.78. The topological polar surface area (TPSA) is 43.4 Å². The number of hydrogen-bond donors (Lipinski definition) is 0. The van der Waals surface area contributed by atoms with Crippen LogP contribution in [0, 0.1) is 30.1 Å². The lowest BCUT2D eigenvalue weighted by molar-refractivity contribution is -0.159. The van der Waals surface area contributed by atoms with Crippen LogP contribution in [0.1, 0.15) is 26.7 Å². The van der Waals surface area contributed by atoms with E-state index in [1.165, 1.54) is 6.92 Å². The zero-order valence-electron chi connectivity index (χ0n) is 9.00. The summed E-state index contributed by atoms with van der Waals surface area (Å²) in [5.41, 5.74) is -1.36. The summed E-state index contributed by atoms with van der Waals surface area (Å²) in [5.74, 6) is 3.61. The molecule has 0 N–H and O–H groups in total. The van der Waals surface area contributed by atoms with Crippen LogP contribution in [0.4, 0.5) is 0 Å². The van der Waals surface area contributed by atoms with E-state index in [4.69, 9.17) is 17.6 Å². The van der Waals surface area contributed by atoms with Crippen LogP contribution >= 0.6 is 0 Å². The highest BCUT2D eigenvalue weighted by Gasteiger charge is 2.43. The minimum absolute atomic E-state index is 0.0225. The van der Waals surface area contributed by atoms with Gasteiger partial charge in [0.05, 0.1) is 6.61 Å². The molecule has 0 rings (SSSR count). The average molecular weight is 206 g/mol. The second-order valence-corrected chi connectivity index (χ2v) is 3.12. The van der Waals surface area contributed by atoms with Crippen molar-refractivity contribution in [2.24, 2.45) is 5.41 Å². The third-order valence-electron chi connectivity index (χ3n) is 2.15. The molecule has 0 aliphatic carbocycles. The number of esters is 1. The van der Waals surface area contributed by atoms with Crippen molar-refractivity contribution in [2.75, 3.05) is 6.61 Å². The van der Waals surface area contributed by atoms with Crippen molar-refractivity contribution in [2.45, 2.75) is 26.7 Å².